The molecule has 2 aromatic rings. The van der Waals surface area contributed by atoms with E-state index in [4.69, 9.17) is 21.1 Å². The van der Waals surface area contributed by atoms with Crippen LogP contribution >= 0.6 is 27.5 Å². The Morgan fingerprint density at radius 3 is 2.67 bits per heavy atom. The van der Waals surface area contributed by atoms with Gasteiger partial charge in [-0.1, -0.05) is 11.6 Å². The highest BCUT2D eigenvalue weighted by atomic mass is 79.9. The summed E-state index contributed by atoms with van der Waals surface area (Å²) in [6.45, 7) is 0.438. The summed E-state index contributed by atoms with van der Waals surface area (Å²) in [7, 11) is 0. The molecule has 4 nitrogen and oxygen atoms in total. The SMILES string of the molecule is Oc1cc2c(cc1CNc1c(Cl)cc(F)cc1Br)OCO2. The van der Waals surface area contributed by atoms with Crippen molar-refractivity contribution in [1.82, 2.24) is 0 Å². The summed E-state index contributed by atoms with van der Waals surface area (Å²) in [4.78, 5) is 0. The van der Waals surface area contributed by atoms with Crippen LogP contribution in [0.2, 0.25) is 5.02 Å². The van der Waals surface area contributed by atoms with Gasteiger partial charge in [-0.2, -0.15) is 0 Å². The number of ether oxygens (including phenoxy) is 2. The Labute approximate surface area is 133 Å². The predicted octanol–water partition coefficient (Wildman–Crippen LogP) is 4.29. The molecule has 0 bridgehead atoms. The van der Waals surface area contributed by atoms with Crippen molar-refractivity contribution in [2.75, 3.05) is 12.1 Å². The second kappa shape index (κ2) is 5.61. The van der Waals surface area contributed by atoms with Crippen LogP contribution in [0.15, 0.2) is 28.7 Å². The van der Waals surface area contributed by atoms with Gasteiger partial charge in [-0.25, -0.2) is 4.39 Å². The highest BCUT2D eigenvalue weighted by molar-refractivity contribution is 9.10. The molecule has 0 saturated heterocycles. The Morgan fingerprint density at radius 2 is 1.95 bits per heavy atom. The summed E-state index contributed by atoms with van der Waals surface area (Å²) in [5.41, 5.74) is 1.17. The topological polar surface area (TPSA) is 50.7 Å². The fourth-order valence-electron chi connectivity index (χ4n) is 2.01. The van der Waals surface area contributed by atoms with Gasteiger partial charge in [0.25, 0.3) is 0 Å². The van der Waals surface area contributed by atoms with E-state index in [-0.39, 0.29) is 17.6 Å². The molecular formula is C14H10BrClFNO3. The van der Waals surface area contributed by atoms with E-state index in [1.807, 2.05) is 0 Å². The number of benzene rings is 2. The van der Waals surface area contributed by atoms with Crippen molar-refractivity contribution in [2.45, 2.75) is 6.54 Å². The molecule has 0 atom stereocenters. The van der Waals surface area contributed by atoms with Crippen molar-refractivity contribution in [3.63, 3.8) is 0 Å². The average Bonchev–Trinajstić information content (AvgIpc) is 2.84. The third-order valence-corrected chi connectivity index (χ3v) is 3.96. The maximum atomic E-state index is 13.2. The molecule has 0 aromatic heterocycles. The molecule has 1 aliphatic rings. The maximum Gasteiger partial charge on any atom is 0.231 e. The van der Waals surface area contributed by atoms with Gasteiger partial charge >= 0.3 is 0 Å². The van der Waals surface area contributed by atoms with Gasteiger partial charge in [-0.05, 0) is 34.1 Å². The molecule has 110 valence electrons. The first-order valence-corrected chi connectivity index (χ1v) is 7.21. The summed E-state index contributed by atoms with van der Waals surface area (Å²) in [6.07, 6.45) is 0. The fourth-order valence-corrected chi connectivity index (χ4v) is 2.97. The first-order valence-electron chi connectivity index (χ1n) is 6.04. The normalized spacial score (nSPS) is 12.5. The smallest absolute Gasteiger partial charge is 0.231 e. The number of anilines is 1. The zero-order valence-corrected chi connectivity index (χ0v) is 13.0. The minimum absolute atomic E-state index is 0.0844. The Kier molecular flexibility index (Phi) is 3.82. The minimum Gasteiger partial charge on any atom is -0.507 e. The number of phenols is 1. The van der Waals surface area contributed by atoms with E-state index in [1.165, 1.54) is 18.2 Å². The minimum atomic E-state index is -0.427. The van der Waals surface area contributed by atoms with E-state index in [0.29, 0.717) is 33.8 Å². The molecule has 0 fully saturated rings. The Balaban J connectivity index is 1.83. The van der Waals surface area contributed by atoms with Crippen LogP contribution in [-0.2, 0) is 6.54 Å². The van der Waals surface area contributed by atoms with Crippen LogP contribution in [0.1, 0.15) is 5.56 Å². The van der Waals surface area contributed by atoms with E-state index in [1.54, 1.807) is 6.07 Å². The first-order chi connectivity index (χ1) is 10.0. The van der Waals surface area contributed by atoms with Crippen LogP contribution in [0.25, 0.3) is 0 Å². The van der Waals surface area contributed by atoms with Gasteiger partial charge in [0.15, 0.2) is 11.5 Å². The quantitative estimate of drug-likeness (QED) is 0.841. The molecule has 0 spiro atoms. The molecule has 0 saturated carbocycles. The molecular weight excluding hydrogens is 365 g/mol. The Hall–Kier alpha value is -1.66. The Bertz CT molecular complexity index is 688. The van der Waals surface area contributed by atoms with E-state index in [9.17, 15) is 9.50 Å². The van der Waals surface area contributed by atoms with Crippen molar-refractivity contribution < 1.29 is 19.0 Å². The van der Waals surface area contributed by atoms with Gasteiger partial charge in [0, 0.05) is 22.6 Å². The highest BCUT2D eigenvalue weighted by Gasteiger charge is 2.17. The lowest BCUT2D eigenvalue weighted by atomic mass is 10.1. The zero-order valence-electron chi connectivity index (χ0n) is 10.6. The van der Waals surface area contributed by atoms with Crippen LogP contribution in [-0.4, -0.2) is 11.9 Å². The Morgan fingerprint density at radius 1 is 1.24 bits per heavy atom. The predicted molar refractivity (Wildman–Crippen MR) is 80.7 cm³/mol. The molecule has 0 amide bonds. The van der Waals surface area contributed by atoms with Crippen molar-refractivity contribution in [3.8, 4) is 17.2 Å². The average molecular weight is 375 g/mol. The molecule has 0 unspecified atom stereocenters. The van der Waals surface area contributed by atoms with Crippen LogP contribution in [0, 0.1) is 5.82 Å². The second-order valence-corrected chi connectivity index (χ2v) is 5.69. The lowest BCUT2D eigenvalue weighted by Gasteiger charge is -2.12. The molecule has 2 N–H and O–H groups in total. The summed E-state index contributed by atoms with van der Waals surface area (Å²) in [6, 6.07) is 5.72. The third-order valence-electron chi connectivity index (χ3n) is 3.04. The highest BCUT2D eigenvalue weighted by Crippen LogP contribution is 2.38. The van der Waals surface area contributed by atoms with Gasteiger partial charge in [0.05, 0.1) is 10.7 Å². The van der Waals surface area contributed by atoms with Crippen molar-refractivity contribution >= 4 is 33.2 Å². The molecule has 2 aromatic carbocycles. The molecule has 7 heteroatoms. The number of hydrogen-bond donors (Lipinski definition) is 2. The summed E-state index contributed by atoms with van der Waals surface area (Å²) < 4.78 is 24.1. The number of aromatic hydroxyl groups is 1. The van der Waals surface area contributed by atoms with Gasteiger partial charge in [-0.15, -0.1) is 0 Å². The number of fused-ring (bicyclic) bond motifs is 1. The first kappa shape index (κ1) is 14.3. The number of phenolic OH excluding ortho intramolecular Hbond substituents is 1. The maximum absolute atomic E-state index is 13.2. The number of nitrogens with one attached hydrogen (secondary N) is 1. The molecule has 0 aliphatic carbocycles. The largest absolute Gasteiger partial charge is 0.507 e. The molecule has 3 rings (SSSR count). The molecule has 21 heavy (non-hydrogen) atoms. The van der Waals surface area contributed by atoms with Crippen molar-refractivity contribution in [3.05, 3.63) is 45.1 Å². The van der Waals surface area contributed by atoms with Gasteiger partial charge < -0.3 is 19.9 Å². The standard InChI is InChI=1S/C14H10BrClFNO3/c15-9-2-8(17)3-10(16)14(9)18-5-7-1-12-13(4-11(7)19)21-6-20-12/h1-4,18-19H,5-6H2. The summed E-state index contributed by atoms with van der Waals surface area (Å²) in [5, 5.41) is 13.3. The molecule has 1 heterocycles. The van der Waals surface area contributed by atoms with Crippen LogP contribution in [0.5, 0.6) is 17.2 Å². The molecule has 1 aliphatic heterocycles. The lowest BCUT2D eigenvalue weighted by Crippen LogP contribution is -2.01. The summed E-state index contributed by atoms with van der Waals surface area (Å²) >= 11 is 9.24. The molecule has 0 radical (unpaired) electrons. The van der Waals surface area contributed by atoms with Gasteiger partial charge in [0.2, 0.25) is 6.79 Å². The van der Waals surface area contributed by atoms with Crippen molar-refractivity contribution in [2.24, 2.45) is 0 Å². The third kappa shape index (κ3) is 2.87. The number of rotatable bonds is 3. The summed E-state index contributed by atoms with van der Waals surface area (Å²) in [5.74, 6) is 0.746. The van der Waals surface area contributed by atoms with E-state index in [0.717, 1.165) is 0 Å². The number of hydrogen-bond acceptors (Lipinski definition) is 4. The lowest BCUT2D eigenvalue weighted by molar-refractivity contribution is 0.174. The van der Waals surface area contributed by atoms with Gasteiger partial charge in [-0.3, -0.25) is 0 Å². The van der Waals surface area contributed by atoms with Crippen LogP contribution in [0.3, 0.4) is 0 Å². The van der Waals surface area contributed by atoms with Crippen LogP contribution < -0.4 is 14.8 Å². The van der Waals surface area contributed by atoms with E-state index >= 15 is 0 Å². The van der Waals surface area contributed by atoms with Crippen molar-refractivity contribution in [1.29, 1.82) is 0 Å². The zero-order chi connectivity index (χ0) is 15.0. The number of halogens is 3. The monoisotopic (exact) mass is 373 g/mol. The second-order valence-electron chi connectivity index (χ2n) is 4.43. The van der Waals surface area contributed by atoms with E-state index < -0.39 is 5.82 Å². The van der Waals surface area contributed by atoms with Crippen LogP contribution in [0.4, 0.5) is 10.1 Å². The van der Waals surface area contributed by atoms with Gasteiger partial charge in [0.1, 0.15) is 11.6 Å². The fraction of sp³-hybridized carbons (Fsp3) is 0.143. The van der Waals surface area contributed by atoms with E-state index in [2.05, 4.69) is 21.2 Å².